The summed E-state index contributed by atoms with van der Waals surface area (Å²) in [6.45, 7) is 2.67. The van der Waals surface area contributed by atoms with E-state index in [-0.39, 0.29) is 29.1 Å². The molecule has 1 aliphatic heterocycles. The molecule has 0 saturated carbocycles. The minimum absolute atomic E-state index is 0.105. The zero-order chi connectivity index (χ0) is 19.3. The molecule has 1 aromatic rings. The Bertz CT molecular complexity index is 697. The van der Waals surface area contributed by atoms with Crippen LogP contribution in [0.4, 0.5) is 0 Å². The van der Waals surface area contributed by atoms with Crippen LogP contribution in [0.1, 0.15) is 42.1 Å². The van der Waals surface area contributed by atoms with E-state index in [0.717, 1.165) is 0 Å². The maximum Gasteiger partial charge on any atom is 0.303 e. The van der Waals surface area contributed by atoms with Crippen molar-refractivity contribution in [2.24, 2.45) is 11.7 Å². The normalized spacial score (nSPS) is 16.0. The first-order chi connectivity index (χ1) is 12.3. The number of thiocarbonyl (C=S) groups is 1. The van der Waals surface area contributed by atoms with Crippen molar-refractivity contribution >= 4 is 35.0 Å². The number of nitrogens with one attached hydrogen (secondary N) is 1. The van der Waals surface area contributed by atoms with Crippen molar-refractivity contribution in [2.45, 2.75) is 32.2 Å². The van der Waals surface area contributed by atoms with Crippen LogP contribution in [0, 0.1) is 5.92 Å². The van der Waals surface area contributed by atoms with Crippen LogP contribution in [0.2, 0.25) is 0 Å². The Morgan fingerprint density at radius 2 is 1.77 bits per heavy atom. The summed E-state index contributed by atoms with van der Waals surface area (Å²) in [4.78, 5) is 37.5. The van der Waals surface area contributed by atoms with Gasteiger partial charge in [-0.05, 0) is 37.8 Å². The molecule has 26 heavy (non-hydrogen) atoms. The quantitative estimate of drug-likeness (QED) is 0.641. The molecule has 1 atom stereocenters. The molecular formula is C18H23N3O4S. The lowest BCUT2D eigenvalue weighted by molar-refractivity contribution is -0.139. The van der Waals surface area contributed by atoms with Gasteiger partial charge < -0.3 is 21.1 Å². The minimum Gasteiger partial charge on any atom is -0.481 e. The van der Waals surface area contributed by atoms with E-state index in [1.165, 1.54) is 0 Å². The number of amides is 2. The van der Waals surface area contributed by atoms with Gasteiger partial charge in [0, 0.05) is 30.6 Å². The van der Waals surface area contributed by atoms with Gasteiger partial charge >= 0.3 is 5.97 Å². The van der Waals surface area contributed by atoms with Crippen LogP contribution in [-0.4, -0.2) is 51.9 Å². The van der Waals surface area contributed by atoms with Crippen molar-refractivity contribution in [1.82, 2.24) is 10.2 Å². The fourth-order valence-corrected chi connectivity index (χ4v) is 3.14. The van der Waals surface area contributed by atoms with Gasteiger partial charge in [0.25, 0.3) is 5.91 Å². The summed E-state index contributed by atoms with van der Waals surface area (Å²) in [6, 6.07) is 5.89. The van der Waals surface area contributed by atoms with Crippen molar-refractivity contribution in [3.8, 4) is 0 Å². The Kier molecular flexibility index (Phi) is 6.68. The number of nitrogens with two attached hydrogens (primary N) is 1. The van der Waals surface area contributed by atoms with Crippen LogP contribution < -0.4 is 11.1 Å². The standard InChI is InChI=1S/C18H23N3O4S/c1-11(18(25)21-8-6-12(7-9-21)10-15(22)23)20-17(24)14-4-2-13(3-5-14)16(19)26/h2-5,11-12H,6-10H2,1H3,(H2,19,26)(H,20,24)(H,22,23)/t11-/m0/s1. The largest absolute Gasteiger partial charge is 0.481 e. The molecule has 0 unspecified atom stereocenters. The van der Waals surface area contributed by atoms with Gasteiger partial charge in [0.05, 0.1) is 0 Å². The highest BCUT2D eigenvalue weighted by Crippen LogP contribution is 2.21. The Labute approximate surface area is 157 Å². The predicted molar refractivity (Wildman–Crippen MR) is 101 cm³/mol. The van der Waals surface area contributed by atoms with Crippen LogP contribution in [-0.2, 0) is 9.59 Å². The number of piperidine rings is 1. The molecule has 0 spiro atoms. The van der Waals surface area contributed by atoms with Crippen LogP contribution in [0.5, 0.6) is 0 Å². The summed E-state index contributed by atoms with van der Waals surface area (Å²) in [7, 11) is 0. The molecule has 1 aromatic carbocycles. The van der Waals surface area contributed by atoms with Gasteiger partial charge in [-0.1, -0.05) is 24.4 Å². The molecule has 2 amide bonds. The molecule has 8 heteroatoms. The van der Waals surface area contributed by atoms with Gasteiger partial charge in [-0.3, -0.25) is 14.4 Å². The predicted octanol–water partition coefficient (Wildman–Crippen LogP) is 1.15. The molecule has 2 rings (SSSR count). The topological polar surface area (TPSA) is 113 Å². The molecule has 1 heterocycles. The average molecular weight is 377 g/mol. The smallest absolute Gasteiger partial charge is 0.303 e. The maximum atomic E-state index is 12.5. The third-order valence-electron chi connectivity index (χ3n) is 4.54. The van der Waals surface area contributed by atoms with Crippen molar-refractivity contribution in [3.05, 3.63) is 35.4 Å². The summed E-state index contributed by atoms with van der Waals surface area (Å²) in [5.74, 6) is -1.21. The van der Waals surface area contributed by atoms with E-state index in [1.54, 1.807) is 36.1 Å². The number of carboxylic acids is 1. The summed E-state index contributed by atoms with van der Waals surface area (Å²) in [5.41, 5.74) is 6.62. The van der Waals surface area contributed by atoms with E-state index in [0.29, 0.717) is 37.1 Å². The van der Waals surface area contributed by atoms with Crippen LogP contribution in [0.3, 0.4) is 0 Å². The first-order valence-electron chi connectivity index (χ1n) is 8.49. The molecule has 0 aliphatic carbocycles. The third kappa shape index (κ3) is 5.26. The van der Waals surface area contributed by atoms with Crippen LogP contribution in [0.15, 0.2) is 24.3 Å². The minimum atomic E-state index is -0.808. The number of hydrogen-bond donors (Lipinski definition) is 3. The Hall–Kier alpha value is -2.48. The molecule has 1 saturated heterocycles. The van der Waals surface area contributed by atoms with E-state index in [1.807, 2.05) is 0 Å². The van der Waals surface area contributed by atoms with Crippen molar-refractivity contribution in [3.63, 3.8) is 0 Å². The Morgan fingerprint density at radius 3 is 2.27 bits per heavy atom. The Morgan fingerprint density at radius 1 is 1.23 bits per heavy atom. The number of aliphatic carboxylic acids is 1. The second kappa shape index (κ2) is 8.75. The third-order valence-corrected chi connectivity index (χ3v) is 4.77. The first-order valence-corrected chi connectivity index (χ1v) is 8.90. The first kappa shape index (κ1) is 19.8. The highest BCUT2D eigenvalue weighted by molar-refractivity contribution is 7.80. The SMILES string of the molecule is C[C@H](NC(=O)c1ccc(C(N)=S)cc1)C(=O)N1CCC(CC(=O)O)CC1. The number of carbonyl (C=O) groups excluding carboxylic acids is 2. The number of hydrogen-bond acceptors (Lipinski definition) is 4. The van der Waals surface area contributed by atoms with Gasteiger partial charge in [-0.15, -0.1) is 0 Å². The number of likely N-dealkylation sites (tertiary alicyclic amines) is 1. The number of rotatable bonds is 6. The van der Waals surface area contributed by atoms with Gasteiger partial charge in [0.2, 0.25) is 5.91 Å². The fourth-order valence-electron chi connectivity index (χ4n) is 3.01. The van der Waals surface area contributed by atoms with E-state index in [4.69, 9.17) is 23.1 Å². The molecule has 0 radical (unpaired) electrons. The second-order valence-electron chi connectivity index (χ2n) is 6.50. The maximum absolute atomic E-state index is 12.5. The lowest BCUT2D eigenvalue weighted by Crippen LogP contribution is -2.49. The summed E-state index contributed by atoms with van der Waals surface area (Å²) >= 11 is 4.87. The van der Waals surface area contributed by atoms with Crippen molar-refractivity contribution in [1.29, 1.82) is 0 Å². The van der Waals surface area contributed by atoms with E-state index in [9.17, 15) is 14.4 Å². The highest BCUT2D eigenvalue weighted by Gasteiger charge is 2.27. The number of carboxylic acid groups (broad SMARTS) is 1. The van der Waals surface area contributed by atoms with E-state index < -0.39 is 12.0 Å². The van der Waals surface area contributed by atoms with E-state index in [2.05, 4.69) is 5.32 Å². The van der Waals surface area contributed by atoms with Gasteiger partial charge in [0.15, 0.2) is 0 Å². The fraction of sp³-hybridized carbons (Fsp3) is 0.444. The number of nitrogens with zero attached hydrogens (tertiary/aromatic N) is 1. The molecule has 140 valence electrons. The second-order valence-corrected chi connectivity index (χ2v) is 6.94. The zero-order valence-electron chi connectivity index (χ0n) is 14.6. The summed E-state index contributed by atoms with van der Waals surface area (Å²) in [5, 5.41) is 11.5. The number of carbonyl (C=O) groups is 3. The molecule has 4 N–H and O–H groups in total. The summed E-state index contributed by atoms with van der Waals surface area (Å²) in [6.07, 6.45) is 1.47. The zero-order valence-corrected chi connectivity index (χ0v) is 15.4. The van der Waals surface area contributed by atoms with Crippen molar-refractivity contribution < 1.29 is 19.5 Å². The van der Waals surface area contributed by atoms with Gasteiger partial charge in [-0.2, -0.15) is 0 Å². The lowest BCUT2D eigenvalue weighted by atomic mass is 9.93. The van der Waals surface area contributed by atoms with Gasteiger partial charge in [-0.25, -0.2) is 0 Å². The number of benzene rings is 1. The molecule has 0 aromatic heterocycles. The molecule has 1 fully saturated rings. The van der Waals surface area contributed by atoms with Crippen LogP contribution in [0.25, 0.3) is 0 Å². The molecular weight excluding hydrogens is 354 g/mol. The highest BCUT2D eigenvalue weighted by atomic mass is 32.1. The lowest BCUT2D eigenvalue weighted by Gasteiger charge is -2.33. The summed E-state index contributed by atoms with van der Waals surface area (Å²) < 4.78 is 0. The van der Waals surface area contributed by atoms with E-state index >= 15 is 0 Å². The molecule has 1 aliphatic rings. The monoisotopic (exact) mass is 377 g/mol. The van der Waals surface area contributed by atoms with Crippen molar-refractivity contribution in [2.75, 3.05) is 13.1 Å². The molecule has 7 nitrogen and oxygen atoms in total. The average Bonchev–Trinajstić information content (AvgIpc) is 2.61. The van der Waals surface area contributed by atoms with Gasteiger partial charge in [0.1, 0.15) is 11.0 Å². The van der Waals surface area contributed by atoms with Crippen LogP contribution >= 0.6 is 12.2 Å². The molecule has 0 bridgehead atoms. The Balaban J connectivity index is 1.87.